The summed E-state index contributed by atoms with van der Waals surface area (Å²) in [6, 6.07) is 9.16. The number of nitriles is 1. The van der Waals surface area contributed by atoms with Gasteiger partial charge in [-0.05, 0) is 12.1 Å². The van der Waals surface area contributed by atoms with Crippen LogP contribution in [0.5, 0.6) is 5.75 Å². The van der Waals surface area contributed by atoms with Gasteiger partial charge in [-0.25, -0.2) is 4.98 Å². The van der Waals surface area contributed by atoms with Crippen LogP contribution in [0.4, 0.5) is 11.8 Å². The minimum Gasteiger partial charge on any atom is -0.496 e. The van der Waals surface area contributed by atoms with E-state index in [4.69, 9.17) is 21.5 Å². The van der Waals surface area contributed by atoms with Gasteiger partial charge in [-0.2, -0.15) is 10.2 Å². The number of hydrogen-bond donors (Lipinski definition) is 2. The second kappa shape index (κ2) is 4.59. The Morgan fingerprint density at radius 1 is 1.22 bits per heavy atom. The number of rotatable bonds is 2. The zero-order chi connectivity index (χ0) is 13.1. The van der Waals surface area contributed by atoms with Gasteiger partial charge in [0.25, 0.3) is 0 Å². The number of methoxy groups -OCH3 is 1. The molecule has 4 N–H and O–H groups in total. The van der Waals surface area contributed by atoms with E-state index in [0.29, 0.717) is 17.0 Å². The van der Waals surface area contributed by atoms with E-state index < -0.39 is 0 Å². The summed E-state index contributed by atoms with van der Waals surface area (Å²) in [5, 5.41) is 9.12. The summed E-state index contributed by atoms with van der Waals surface area (Å²) in [6.07, 6.45) is 0. The van der Waals surface area contributed by atoms with Crippen molar-refractivity contribution in [2.75, 3.05) is 18.6 Å². The fourth-order valence-electron chi connectivity index (χ4n) is 1.64. The van der Waals surface area contributed by atoms with Crippen molar-refractivity contribution >= 4 is 11.8 Å². The van der Waals surface area contributed by atoms with Crippen molar-refractivity contribution in [1.82, 2.24) is 9.97 Å². The number of benzene rings is 1. The molecule has 2 aromatic rings. The zero-order valence-corrected chi connectivity index (χ0v) is 9.71. The molecule has 0 radical (unpaired) electrons. The first kappa shape index (κ1) is 11.7. The molecule has 0 fully saturated rings. The SMILES string of the molecule is COc1ccccc1-c1nc(N)nc(N)c1C#N. The Morgan fingerprint density at radius 2 is 1.94 bits per heavy atom. The minimum absolute atomic E-state index is 0.0207. The van der Waals surface area contributed by atoms with Crippen LogP contribution >= 0.6 is 0 Å². The number of aromatic nitrogens is 2. The Morgan fingerprint density at radius 3 is 2.61 bits per heavy atom. The first-order chi connectivity index (χ1) is 8.67. The highest BCUT2D eigenvalue weighted by Crippen LogP contribution is 2.32. The highest BCUT2D eigenvalue weighted by Gasteiger charge is 2.16. The summed E-state index contributed by atoms with van der Waals surface area (Å²) in [4.78, 5) is 7.84. The van der Waals surface area contributed by atoms with Crippen molar-refractivity contribution in [1.29, 1.82) is 5.26 Å². The maximum Gasteiger partial charge on any atom is 0.222 e. The molecular formula is C12H11N5O. The van der Waals surface area contributed by atoms with Crippen molar-refractivity contribution in [3.63, 3.8) is 0 Å². The Labute approximate surface area is 104 Å². The molecular weight excluding hydrogens is 230 g/mol. The van der Waals surface area contributed by atoms with Crippen LogP contribution in [0.25, 0.3) is 11.3 Å². The molecule has 0 spiro atoms. The van der Waals surface area contributed by atoms with Crippen molar-refractivity contribution < 1.29 is 4.74 Å². The molecule has 1 aromatic carbocycles. The van der Waals surface area contributed by atoms with Gasteiger partial charge in [-0.1, -0.05) is 12.1 Å². The number of anilines is 2. The van der Waals surface area contributed by atoms with E-state index in [0.717, 1.165) is 0 Å². The lowest BCUT2D eigenvalue weighted by molar-refractivity contribution is 0.416. The van der Waals surface area contributed by atoms with Gasteiger partial charge in [0, 0.05) is 5.56 Å². The monoisotopic (exact) mass is 241 g/mol. The summed E-state index contributed by atoms with van der Waals surface area (Å²) >= 11 is 0. The van der Waals surface area contributed by atoms with Crippen molar-refractivity contribution in [3.05, 3.63) is 29.8 Å². The molecule has 0 unspecified atom stereocenters. The van der Waals surface area contributed by atoms with Gasteiger partial charge in [0.1, 0.15) is 23.2 Å². The summed E-state index contributed by atoms with van der Waals surface area (Å²) in [6.45, 7) is 0. The van der Waals surface area contributed by atoms with Crippen LogP contribution in [0, 0.1) is 11.3 Å². The Bertz CT molecular complexity index is 633. The molecule has 0 saturated carbocycles. The van der Waals surface area contributed by atoms with E-state index in [-0.39, 0.29) is 17.3 Å². The van der Waals surface area contributed by atoms with Crippen molar-refractivity contribution in [2.24, 2.45) is 0 Å². The third-order valence-corrected chi connectivity index (χ3v) is 2.43. The largest absolute Gasteiger partial charge is 0.496 e. The van der Waals surface area contributed by atoms with E-state index >= 15 is 0 Å². The Hall–Kier alpha value is -2.81. The van der Waals surface area contributed by atoms with Gasteiger partial charge in [0.05, 0.1) is 12.8 Å². The lowest BCUT2D eigenvalue weighted by Crippen LogP contribution is -2.05. The van der Waals surface area contributed by atoms with Crippen molar-refractivity contribution in [2.45, 2.75) is 0 Å². The molecule has 0 bridgehead atoms. The minimum atomic E-state index is 0.0207. The molecule has 0 amide bonds. The first-order valence-electron chi connectivity index (χ1n) is 5.14. The first-order valence-corrected chi connectivity index (χ1v) is 5.14. The topological polar surface area (TPSA) is 111 Å². The molecule has 0 aliphatic rings. The summed E-state index contributed by atoms with van der Waals surface area (Å²) in [5.41, 5.74) is 12.4. The average Bonchev–Trinajstić information content (AvgIpc) is 2.38. The van der Waals surface area contributed by atoms with Crippen LogP contribution in [0.1, 0.15) is 5.56 Å². The van der Waals surface area contributed by atoms with Gasteiger partial charge in [-0.3, -0.25) is 0 Å². The third-order valence-electron chi connectivity index (χ3n) is 2.43. The van der Waals surface area contributed by atoms with Gasteiger partial charge >= 0.3 is 0 Å². The second-order valence-corrected chi connectivity index (χ2v) is 3.50. The van der Waals surface area contributed by atoms with Crippen molar-refractivity contribution in [3.8, 4) is 23.1 Å². The smallest absolute Gasteiger partial charge is 0.222 e. The number of hydrogen-bond acceptors (Lipinski definition) is 6. The van der Waals surface area contributed by atoms with E-state index in [1.165, 1.54) is 0 Å². The highest BCUT2D eigenvalue weighted by atomic mass is 16.5. The van der Waals surface area contributed by atoms with Gasteiger partial charge in [0.2, 0.25) is 5.95 Å². The van der Waals surface area contributed by atoms with Crippen LogP contribution in [0.2, 0.25) is 0 Å². The normalized spacial score (nSPS) is 9.78. The molecule has 6 nitrogen and oxygen atoms in total. The molecule has 6 heteroatoms. The molecule has 90 valence electrons. The summed E-state index contributed by atoms with van der Waals surface area (Å²) in [5.74, 6) is 0.671. The molecule has 0 atom stereocenters. The highest BCUT2D eigenvalue weighted by molar-refractivity contribution is 5.77. The van der Waals surface area contributed by atoms with E-state index in [1.54, 1.807) is 19.2 Å². The summed E-state index contributed by atoms with van der Waals surface area (Å²) in [7, 11) is 1.54. The van der Waals surface area contributed by atoms with E-state index in [2.05, 4.69) is 9.97 Å². The molecule has 18 heavy (non-hydrogen) atoms. The van der Waals surface area contributed by atoms with Crippen LogP contribution in [-0.4, -0.2) is 17.1 Å². The lowest BCUT2D eigenvalue weighted by Gasteiger charge is -2.10. The second-order valence-electron chi connectivity index (χ2n) is 3.50. The number of nitrogens with zero attached hydrogens (tertiary/aromatic N) is 3. The van der Waals surface area contributed by atoms with E-state index in [9.17, 15) is 0 Å². The zero-order valence-electron chi connectivity index (χ0n) is 9.71. The number of ether oxygens (including phenoxy) is 1. The molecule has 1 heterocycles. The predicted octanol–water partition coefficient (Wildman–Crippen LogP) is 1.19. The third kappa shape index (κ3) is 1.89. The Balaban J connectivity index is 2.75. The molecule has 0 aliphatic carbocycles. The number of para-hydroxylation sites is 1. The van der Waals surface area contributed by atoms with Crippen LogP contribution < -0.4 is 16.2 Å². The van der Waals surface area contributed by atoms with Crippen LogP contribution in [0.15, 0.2) is 24.3 Å². The van der Waals surface area contributed by atoms with Crippen LogP contribution in [0.3, 0.4) is 0 Å². The summed E-state index contributed by atoms with van der Waals surface area (Å²) < 4.78 is 5.23. The van der Waals surface area contributed by atoms with Gasteiger partial charge < -0.3 is 16.2 Å². The molecule has 0 aliphatic heterocycles. The molecule has 1 aromatic heterocycles. The maximum absolute atomic E-state index is 9.12. The number of nitrogen functional groups attached to an aromatic ring is 2. The van der Waals surface area contributed by atoms with E-state index in [1.807, 2.05) is 18.2 Å². The number of nitrogens with two attached hydrogens (primary N) is 2. The van der Waals surface area contributed by atoms with Gasteiger partial charge in [-0.15, -0.1) is 0 Å². The quantitative estimate of drug-likeness (QED) is 0.816. The molecule has 2 rings (SSSR count). The van der Waals surface area contributed by atoms with Gasteiger partial charge in [0.15, 0.2) is 0 Å². The maximum atomic E-state index is 9.12. The standard InChI is InChI=1S/C12H11N5O/c1-18-9-5-3-2-4-7(9)10-8(6-13)11(14)17-12(15)16-10/h2-5H,1H3,(H4,14,15,16,17). The fourth-order valence-corrected chi connectivity index (χ4v) is 1.64. The molecule has 0 saturated heterocycles. The lowest BCUT2D eigenvalue weighted by atomic mass is 10.1. The van der Waals surface area contributed by atoms with Crippen LogP contribution in [-0.2, 0) is 0 Å². The predicted molar refractivity (Wildman–Crippen MR) is 67.6 cm³/mol. The average molecular weight is 241 g/mol. The fraction of sp³-hybridized carbons (Fsp3) is 0.0833. The Kier molecular flexibility index (Phi) is 2.98.